The Balaban J connectivity index is 3.31. The number of carbonyl (C=O) groups excluding carboxylic acids is 1. The van der Waals surface area contributed by atoms with Crippen LogP contribution in [-0.2, 0) is 14.8 Å². The molecule has 1 atom stereocenters. The van der Waals surface area contributed by atoms with Crippen LogP contribution in [0.2, 0.25) is 0 Å². The van der Waals surface area contributed by atoms with Gasteiger partial charge in [0.15, 0.2) is 0 Å². The molecule has 1 aromatic rings. The fraction of sp³-hybridized carbons (Fsp3) is 0.462. The summed E-state index contributed by atoms with van der Waals surface area (Å²) in [5, 5.41) is 0. The van der Waals surface area contributed by atoms with Crippen molar-refractivity contribution in [3.05, 3.63) is 23.3 Å². The number of benzene rings is 1. The summed E-state index contributed by atoms with van der Waals surface area (Å²) in [5.41, 5.74) is 12.5. The maximum absolute atomic E-state index is 12.4. The van der Waals surface area contributed by atoms with E-state index in [1.807, 2.05) is 0 Å². The van der Waals surface area contributed by atoms with Crippen LogP contribution >= 0.6 is 0 Å². The third-order valence-corrected chi connectivity index (χ3v) is 4.87. The first kappa shape index (κ1) is 16.5. The second kappa shape index (κ2) is 5.80. The minimum Gasteiger partial charge on any atom is -0.398 e. The molecule has 0 spiro atoms. The molecule has 0 radical (unpaired) electrons. The zero-order chi connectivity index (χ0) is 15.7. The van der Waals surface area contributed by atoms with Crippen LogP contribution in [0.4, 0.5) is 5.69 Å². The molecule has 1 rings (SSSR count). The van der Waals surface area contributed by atoms with Crippen LogP contribution < -0.4 is 16.2 Å². The average Bonchev–Trinajstić information content (AvgIpc) is 2.30. The van der Waals surface area contributed by atoms with Gasteiger partial charge in [0.25, 0.3) is 0 Å². The van der Waals surface area contributed by atoms with Crippen molar-refractivity contribution in [2.45, 2.75) is 38.6 Å². The summed E-state index contributed by atoms with van der Waals surface area (Å²) < 4.78 is 27.2. The molecule has 7 heteroatoms. The van der Waals surface area contributed by atoms with Crippen LogP contribution in [-0.4, -0.2) is 20.4 Å². The molecule has 0 aliphatic rings. The highest BCUT2D eigenvalue weighted by atomic mass is 32.2. The van der Waals surface area contributed by atoms with Gasteiger partial charge in [-0.25, -0.2) is 8.42 Å². The zero-order valence-corrected chi connectivity index (χ0v) is 12.9. The molecule has 0 heterocycles. The number of aryl methyl sites for hydroxylation is 1. The first-order chi connectivity index (χ1) is 9.08. The smallest absolute Gasteiger partial charge is 0.243 e. The average molecular weight is 299 g/mol. The van der Waals surface area contributed by atoms with Crippen LogP contribution in [0.1, 0.15) is 25.0 Å². The second-order valence-corrected chi connectivity index (χ2v) is 6.82. The molecule has 0 saturated carbocycles. The maximum Gasteiger partial charge on any atom is 0.243 e. The van der Waals surface area contributed by atoms with Crippen LogP contribution in [0, 0.1) is 19.8 Å². The summed E-state index contributed by atoms with van der Waals surface area (Å²) >= 11 is 0. The summed E-state index contributed by atoms with van der Waals surface area (Å²) in [5.74, 6) is -0.971. The van der Waals surface area contributed by atoms with Gasteiger partial charge in [-0.15, -0.1) is 0 Å². The Bertz CT molecular complexity index is 624. The van der Waals surface area contributed by atoms with Gasteiger partial charge in [-0.2, -0.15) is 4.72 Å². The monoisotopic (exact) mass is 299 g/mol. The van der Waals surface area contributed by atoms with Crippen molar-refractivity contribution in [3.63, 3.8) is 0 Å². The van der Waals surface area contributed by atoms with E-state index < -0.39 is 22.0 Å². The molecule has 1 amide bonds. The van der Waals surface area contributed by atoms with E-state index in [4.69, 9.17) is 11.5 Å². The molecule has 0 aliphatic carbocycles. The minimum atomic E-state index is -3.91. The number of sulfonamides is 1. The van der Waals surface area contributed by atoms with Gasteiger partial charge in [-0.1, -0.05) is 19.9 Å². The number of primary amides is 1. The van der Waals surface area contributed by atoms with Gasteiger partial charge in [0.05, 0.1) is 5.69 Å². The van der Waals surface area contributed by atoms with Crippen molar-refractivity contribution in [1.29, 1.82) is 0 Å². The van der Waals surface area contributed by atoms with Crippen molar-refractivity contribution in [2.24, 2.45) is 11.7 Å². The summed E-state index contributed by atoms with van der Waals surface area (Å²) in [6.45, 7) is 6.89. The van der Waals surface area contributed by atoms with E-state index in [0.717, 1.165) is 5.56 Å². The fourth-order valence-corrected chi connectivity index (χ4v) is 3.70. The Hall–Kier alpha value is -1.60. The van der Waals surface area contributed by atoms with Crippen molar-refractivity contribution in [1.82, 2.24) is 4.72 Å². The SMILES string of the molecule is Cc1ccc(N)c(S(=O)(=O)NC(C(N)=O)C(C)C)c1C. The summed E-state index contributed by atoms with van der Waals surface area (Å²) in [4.78, 5) is 11.4. The quantitative estimate of drug-likeness (QED) is 0.693. The molecule has 20 heavy (non-hydrogen) atoms. The van der Waals surface area contributed by atoms with Gasteiger partial charge in [0.2, 0.25) is 15.9 Å². The molecule has 0 saturated heterocycles. The highest BCUT2D eigenvalue weighted by Gasteiger charge is 2.29. The predicted molar refractivity (Wildman–Crippen MR) is 78.5 cm³/mol. The van der Waals surface area contributed by atoms with Crippen molar-refractivity contribution in [3.8, 4) is 0 Å². The Morgan fingerprint density at radius 3 is 2.25 bits per heavy atom. The zero-order valence-electron chi connectivity index (χ0n) is 12.1. The van der Waals surface area contributed by atoms with Crippen LogP contribution in [0.25, 0.3) is 0 Å². The van der Waals surface area contributed by atoms with Gasteiger partial charge in [-0.05, 0) is 37.0 Å². The standard InChI is InChI=1S/C13H21N3O3S/c1-7(2)11(13(15)17)16-20(18,19)12-9(4)8(3)5-6-10(12)14/h5-7,11,16H,14H2,1-4H3,(H2,15,17). The lowest BCUT2D eigenvalue weighted by Gasteiger charge is -2.21. The minimum absolute atomic E-state index is 0.00407. The Labute approximate surface area is 119 Å². The lowest BCUT2D eigenvalue weighted by atomic mass is 10.1. The molecule has 0 fully saturated rings. The number of amides is 1. The van der Waals surface area contributed by atoms with Gasteiger partial charge in [-0.3, -0.25) is 4.79 Å². The number of carbonyl (C=O) groups is 1. The maximum atomic E-state index is 12.4. The van der Waals surface area contributed by atoms with Crippen LogP contribution in [0.3, 0.4) is 0 Å². The van der Waals surface area contributed by atoms with Crippen molar-refractivity contribution < 1.29 is 13.2 Å². The third kappa shape index (κ3) is 3.29. The Kier molecular flexibility index (Phi) is 4.77. The van der Waals surface area contributed by atoms with Crippen molar-refractivity contribution >= 4 is 21.6 Å². The highest BCUT2D eigenvalue weighted by Crippen LogP contribution is 2.25. The van der Waals surface area contributed by atoms with E-state index in [1.54, 1.807) is 33.8 Å². The largest absolute Gasteiger partial charge is 0.398 e. The number of hydrogen-bond donors (Lipinski definition) is 3. The van der Waals surface area contributed by atoms with E-state index in [1.165, 1.54) is 6.07 Å². The molecule has 5 N–H and O–H groups in total. The predicted octanol–water partition coefficient (Wildman–Crippen LogP) is 0.674. The van der Waals surface area contributed by atoms with Gasteiger partial charge < -0.3 is 11.5 Å². The molecule has 1 unspecified atom stereocenters. The molecule has 1 aromatic carbocycles. The lowest BCUT2D eigenvalue weighted by Crippen LogP contribution is -2.47. The summed E-state index contributed by atoms with van der Waals surface area (Å²) in [6.07, 6.45) is 0. The normalized spacial score (nSPS) is 13.4. The molecule has 0 aromatic heterocycles. The van der Waals surface area contributed by atoms with Crippen LogP contribution in [0.5, 0.6) is 0 Å². The molecule has 0 bridgehead atoms. The molecular weight excluding hydrogens is 278 g/mol. The first-order valence-electron chi connectivity index (χ1n) is 6.25. The Morgan fingerprint density at radius 2 is 1.80 bits per heavy atom. The van der Waals surface area contributed by atoms with Gasteiger partial charge in [0.1, 0.15) is 10.9 Å². The molecule has 0 aliphatic heterocycles. The topological polar surface area (TPSA) is 115 Å². The van der Waals surface area contributed by atoms with Gasteiger partial charge >= 0.3 is 0 Å². The Morgan fingerprint density at radius 1 is 1.25 bits per heavy atom. The first-order valence-corrected chi connectivity index (χ1v) is 7.73. The second-order valence-electron chi connectivity index (χ2n) is 5.17. The van der Waals surface area contributed by atoms with Crippen LogP contribution in [0.15, 0.2) is 17.0 Å². The number of nitrogens with two attached hydrogens (primary N) is 2. The number of nitrogens with one attached hydrogen (secondary N) is 1. The summed E-state index contributed by atoms with van der Waals surface area (Å²) in [7, 11) is -3.91. The number of nitrogen functional groups attached to an aromatic ring is 1. The molecule has 6 nitrogen and oxygen atoms in total. The summed E-state index contributed by atoms with van der Waals surface area (Å²) in [6, 6.07) is 2.31. The third-order valence-electron chi connectivity index (χ3n) is 3.23. The van der Waals surface area contributed by atoms with E-state index in [2.05, 4.69) is 4.72 Å². The lowest BCUT2D eigenvalue weighted by molar-refractivity contribution is -0.120. The van der Waals surface area contributed by atoms with E-state index in [9.17, 15) is 13.2 Å². The molecule has 112 valence electrons. The number of anilines is 1. The van der Waals surface area contributed by atoms with E-state index in [0.29, 0.717) is 5.56 Å². The van der Waals surface area contributed by atoms with E-state index in [-0.39, 0.29) is 16.5 Å². The fourth-order valence-electron chi connectivity index (χ4n) is 1.92. The number of rotatable bonds is 5. The van der Waals surface area contributed by atoms with E-state index >= 15 is 0 Å². The van der Waals surface area contributed by atoms with Crippen molar-refractivity contribution in [2.75, 3.05) is 5.73 Å². The highest BCUT2D eigenvalue weighted by molar-refractivity contribution is 7.89. The molecular formula is C13H21N3O3S. The van der Waals surface area contributed by atoms with Gasteiger partial charge in [0, 0.05) is 0 Å². The number of hydrogen-bond acceptors (Lipinski definition) is 4.